The highest BCUT2D eigenvalue weighted by Crippen LogP contribution is 2.52. The Morgan fingerprint density at radius 3 is 1.31 bits per heavy atom. The lowest BCUT2D eigenvalue weighted by Gasteiger charge is -2.35. The van der Waals surface area contributed by atoms with Gasteiger partial charge in [-0.1, -0.05) is 95.4 Å². The third-order valence-corrected chi connectivity index (χ3v) is 7.97. The van der Waals surface area contributed by atoms with E-state index in [4.69, 9.17) is 0 Å². The number of quaternary nitrogens is 1. The molecule has 0 aromatic rings. The van der Waals surface area contributed by atoms with Crippen molar-refractivity contribution in [2.45, 2.75) is 134 Å². The first-order chi connectivity index (χ1) is 16.5. The minimum absolute atomic E-state index is 0.0458. The summed E-state index contributed by atoms with van der Waals surface area (Å²) in [6.45, 7) is 2.29. The Morgan fingerprint density at radius 1 is 0.629 bits per heavy atom. The Kier molecular flexibility index (Phi) is 20.3. The summed E-state index contributed by atoms with van der Waals surface area (Å²) in [5.41, 5.74) is 0. The molecule has 3 N–H and O–H groups in total. The fraction of sp³-hybridized carbons (Fsp3) is 0.862. The zero-order valence-corrected chi connectivity index (χ0v) is 24.5. The normalized spacial score (nSPS) is 14.8. The van der Waals surface area contributed by atoms with Crippen LogP contribution in [0.4, 0.5) is 0 Å². The number of hydrogen-bond donors (Lipinski definition) is 3. The second kappa shape index (κ2) is 20.6. The number of nitrogens with zero attached hydrogens (tertiary/aromatic N) is 1. The van der Waals surface area contributed by atoms with Gasteiger partial charge in [-0.15, -0.1) is 0 Å². The number of allylic oxidation sites excluding steroid dienone is 4. The molecule has 0 aromatic heterocycles. The highest BCUT2D eigenvalue weighted by Gasteiger charge is 2.48. The molecule has 0 amide bonds. The van der Waals surface area contributed by atoms with E-state index in [0.717, 1.165) is 19.3 Å². The largest absolute Gasteiger partial charge is 0.373 e. The van der Waals surface area contributed by atoms with Crippen LogP contribution in [-0.4, -0.2) is 52.4 Å². The van der Waals surface area contributed by atoms with Gasteiger partial charge in [0.1, 0.15) is 6.54 Å². The maximum atomic E-state index is 11.8. The number of aliphatic hydroxyl groups is 1. The summed E-state index contributed by atoms with van der Waals surface area (Å²) in [5.74, 6) is 0. The van der Waals surface area contributed by atoms with Crippen molar-refractivity contribution in [1.29, 1.82) is 0 Å². The SMILES string of the molecule is CCCC/C=C\CCCCCCCCCCCC/C=C\CCCCC(O)(C[N+](C)(C)C)P(=O)(O)O. The van der Waals surface area contributed by atoms with Crippen LogP contribution in [0.2, 0.25) is 0 Å². The Balaban J connectivity index is 3.57. The summed E-state index contributed by atoms with van der Waals surface area (Å²) in [7, 11) is 0.939. The zero-order valence-electron chi connectivity index (χ0n) is 23.6. The molecule has 0 rings (SSSR count). The van der Waals surface area contributed by atoms with E-state index in [1.54, 1.807) is 0 Å². The van der Waals surface area contributed by atoms with Gasteiger partial charge in [0.05, 0.1) is 21.1 Å². The summed E-state index contributed by atoms with van der Waals surface area (Å²) in [4.78, 5) is 19.2. The van der Waals surface area contributed by atoms with Gasteiger partial charge >= 0.3 is 7.60 Å². The van der Waals surface area contributed by atoms with Crippen molar-refractivity contribution in [2.75, 3.05) is 27.7 Å². The van der Waals surface area contributed by atoms with Gasteiger partial charge in [-0.05, 0) is 57.8 Å². The summed E-state index contributed by atoms with van der Waals surface area (Å²) < 4.78 is 12.1. The second-order valence-corrected chi connectivity index (χ2v) is 13.3. The molecule has 1 atom stereocenters. The standard InChI is InChI=1S/C29H58NO4P/c1-5-6-7-8-9-10-11-12-13-14-15-16-17-18-19-20-21-22-23-24-25-26-27-29(31,35(32,33)34)28-30(2,3)4/h8-9,22-23,31H,5-7,10-21,24-28H2,1-4H3,(H-,32,33,34)/p+1/b9-8-,23-22-. The zero-order chi connectivity index (χ0) is 26.5. The van der Waals surface area contributed by atoms with Gasteiger partial charge in [0.2, 0.25) is 5.34 Å². The van der Waals surface area contributed by atoms with E-state index in [1.807, 2.05) is 21.1 Å². The van der Waals surface area contributed by atoms with Crippen LogP contribution in [0.5, 0.6) is 0 Å². The topological polar surface area (TPSA) is 77.8 Å². The van der Waals surface area contributed by atoms with Crippen molar-refractivity contribution >= 4 is 7.60 Å². The van der Waals surface area contributed by atoms with E-state index < -0.39 is 12.9 Å². The summed E-state index contributed by atoms with van der Waals surface area (Å²) >= 11 is 0. The van der Waals surface area contributed by atoms with Crippen LogP contribution in [0.1, 0.15) is 129 Å². The minimum atomic E-state index is -4.56. The van der Waals surface area contributed by atoms with Crippen molar-refractivity contribution in [2.24, 2.45) is 0 Å². The molecule has 0 heterocycles. The van der Waals surface area contributed by atoms with E-state index in [0.29, 0.717) is 10.9 Å². The quantitative estimate of drug-likeness (QED) is 0.0524. The van der Waals surface area contributed by atoms with Crippen molar-refractivity contribution in [3.8, 4) is 0 Å². The van der Waals surface area contributed by atoms with Gasteiger partial charge in [-0.3, -0.25) is 4.57 Å². The molecule has 1 unspecified atom stereocenters. The van der Waals surface area contributed by atoms with Gasteiger partial charge in [0.25, 0.3) is 0 Å². The van der Waals surface area contributed by atoms with Crippen LogP contribution >= 0.6 is 7.60 Å². The fourth-order valence-electron chi connectivity index (χ4n) is 4.48. The molecule has 0 saturated carbocycles. The van der Waals surface area contributed by atoms with Gasteiger partial charge in [0, 0.05) is 0 Å². The molecule has 0 aliphatic carbocycles. The number of likely N-dealkylation sites (N-methyl/N-ethyl adjacent to an activating group) is 1. The van der Waals surface area contributed by atoms with E-state index >= 15 is 0 Å². The third-order valence-electron chi connectivity index (χ3n) is 6.52. The highest BCUT2D eigenvalue weighted by molar-refractivity contribution is 7.53. The Hall–Kier alpha value is -0.450. The van der Waals surface area contributed by atoms with Gasteiger partial charge in [-0.25, -0.2) is 0 Å². The predicted molar refractivity (Wildman–Crippen MR) is 152 cm³/mol. The van der Waals surface area contributed by atoms with Crippen molar-refractivity contribution in [3.63, 3.8) is 0 Å². The van der Waals surface area contributed by atoms with Gasteiger partial charge in [-0.2, -0.15) is 0 Å². The van der Waals surface area contributed by atoms with Crippen LogP contribution in [-0.2, 0) is 4.57 Å². The van der Waals surface area contributed by atoms with Crippen LogP contribution < -0.4 is 0 Å². The van der Waals surface area contributed by atoms with Crippen LogP contribution in [0, 0.1) is 0 Å². The average molecular weight is 517 g/mol. The maximum absolute atomic E-state index is 11.8. The monoisotopic (exact) mass is 516 g/mol. The Morgan fingerprint density at radius 2 is 0.971 bits per heavy atom. The molecule has 0 fully saturated rings. The predicted octanol–water partition coefficient (Wildman–Crippen LogP) is 8.10. The molecule has 0 radical (unpaired) electrons. The smallest absolute Gasteiger partial charge is 0.362 e. The van der Waals surface area contributed by atoms with Crippen molar-refractivity contribution in [3.05, 3.63) is 24.3 Å². The molecule has 0 aliphatic heterocycles. The van der Waals surface area contributed by atoms with Crippen LogP contribution in [0.25, 0.3) is 0 Å². The lowest BCUT2D eigenvalue weighted by molar-refractivity contribution is -0.875. The Labute approximate surface area is 217 Å². The fourth-order valence-corrected chi connectivity index (χ4v) is 5.54. The second-order valence-electron chi connectivity index (χ2n) is 11.4. The molecule has 0 bridgehead atoms. The average Bonchev–Trinajstić information content (AvgIpc) is 2.75. The molecule has 6 heteroatoms. The first kappa shape index (κ1) is 34.6. The van der Waals surface area contributed by atoms with E-state index in [9.17, 15) is 19.5 Å². The van der Waals surface area contributed by atoms with Crippen LogP contribution in [0.3, 0.4) is 0 Å². The first-order valence-electron chi connectivity index (χ1n) is 14.4. The highest BCUT2D eigenvalue weighted by atomic mass is 31.2. The summed E-state index contributed by atoms with van der Waals surface area (Å²) in [6.07, 6.45) is 31.4. The molecule has 0 aromatic carbocycles. The summed E-state index contributed by atoms with van der Waals surface area (Å²) in [6, 6.07) is 0. The summed E-state index contributed by atoms with van der Waals surface area (Å²) in [5, 5.41) is 8.62. The lowest BCUT2D eigenvalue weighted by atomic mass is 10.0. The van der Waals surface area contributed by atoms with E-state index in [2.05, 4.69) is 31.2 Å². The molecule has 0 saturated heterocycles. The van der Waals surface area contributed by atoms with Crippen LogP contribution in [0.15, 0.2) is 24.3 Å². The number of unbranched alkanes of at least 4 members (excludes halogenated alkanes) is 15. The van der Waals surface area contributed by atoms with E-state index in [1.165, 1.54) is 89.9 Å². The van der Waals surface area contributed by atoms with Gasteiger partial charge in [0.15, 0.2) is 0 Å². The Bertz CT molecular complexity index is 594. The molecular weight excluding hydrogens is 457 g/mol. The van der Waals surface area contributed by atoms with Gasteiger partial charge < -0.3 is 19.4 Å². The number of rotatable bonds is 24. The molecule has 208 valence electrons. The van der Waals surface area contributed by atoms with Crippen molar-refractivity contribution in [1.82, 2.24) is 0 Å². The molecule has 0 aliphatic rings. The van der Waals surface area contributed by atoms with E-state index in [-0.39, 0.29) is 13.0 Å². The van der Waals surface area contributed by atoms with Crippen molar-refractivity contribution < 1.29 is 23.9 Å². The molecule has 35 heavy (non-hydrogen) atoms. The molecular formula is C29H59NO4P+. The first-order valence-corrected chi connectivity index (χ1v) is 16.0. The number of hydrogen-bond acceptors (Lipinski definition) is 2. The lowest BCUT2D eigenvalue weighted by Crippen LogP contribution is -2.49. The minimum Gasteiger partial charge on any atom is -0.373 e. The maximum Gasteiger partial charge on any atom is 0.362 e. The third kappa shape index (κ3) is 21.4. The molecule has 5 nitrogen and oxygen atoms in total. The molecule has 0 spiro atoms.